The van der Waals surface area contributed by atoms with E-state index >= 15 is 0 Å². The first-order valence-electron chi connectivity index (χ1n) is 24.4. The number of aliphatic hydroxyl groups is 7. The van der Waals surface area contributed by atoms with Gasteiger partial charge in [0, 0.05) is 12.8 Å². The Labute approximate surface area is 388 Å². The number of aliphatic hydroxyl groups excluding tert-OH is 7. The van der Waals surface area contributed by atoms with E-state index < -0.39 is 99.3 Å². The average molecular weight is 925 g/mol. The third-order valence-corrected chi connectivity index (χ3v) is 11.3. The maximum absolute atomic E-state index is 12.9. The molecule has 0 aromatic rings. The molecule has 2 aliphatic rings. The van der Waals surface area contributed by atoms with E-state index in [0.717, 1.165) is 44.9 Å². The van der Waals surface area contributed by atoms with Crippen molar-refractivity contribution in [3.8, 4) is 0 Å². The largest absolute Gasteiger partial charge is 0.462 e. The lowest BCUT2D eigenvalue weighted by Crippen LogP contribution is -2.61. The first-order chi connectivity index (χ1) is 31.5. The summed E-state index contributed by atoms with van der Waals surface area (Å²) in [4.78, 5) is 25.6. The molecule has 0 radical (unpaired) electrons. The lowest BCUT2D eigenvalue weighted by atomic mass is 9.98. The van der Waals surface area contributed by atoms with Gasteiger partial charge >= 0.3 is 11.9 Å². The number of hydrogen-bond donors (Lipinski definition) is 7. The summed E-state index contributed by atoms with van der Waals surface area (Å²) in [5.74, 6) is -1.03. The van der Waals surface area contributed by atoms with Crippen LogP contribution in [0.1, 0.15) is 149 Å². The highest BCUT2D eigenvalue weighted by molar-refractivity contribution is 5.70. The number of allylic oxidation sites excluding steroid dienone is 10. The predicted octanol–water partition coefficient (Wildman–Crippen LogP) is 6.10. The maximum atomic E-state index is 12.9. The van der Waals surface area contributed by atoms with E-state index in [1.165, 1.54) is 57.8 Å². The van der Waals surface area contributed by atoms with Gasteiger partial charge in [-0.3, -0.25) is 9.59 Å². The van der Waals surface area contributed by atoms with Gasteiger partial charge in [0.2, 0.25) is 0 Å². The molecule has 0 aromatic carbocycles. The second-order valence-electron chi connectivity index (χ2n) is 16.9. The molecule has 2 aliphatic heterocycles. The molecule has 2 fully saturated rings. The second kappa shape index (κ2) is 37.2. The summed E-state index contributed by atoms with van der Waals surface area (Å²) < 4.78 is 33.4. The highest BCUT2D eigenvalue weighted by Crippen LogP contribution is 2.26. The molecular formula is C50H84O15. The summed E-state index contributed by atoms with van der Waals surface area (Å²) in [6.07, 6.45) is 24.2. The zero-order valence-electron chi connectivity index (χ0n) is 39.2. The molecule has 0 saturated carbocycles. The molecule has 0 aliphatic carbocycles. The first-order valence-corrected chi connectivity index (χ1v) is 24.4. The standard InChI is InChI=1S/C50H84O15/c1-3-5-7-9-11-13-15-16-17-18-19-20-21-22-23-25-27-29-31-33-42(53)63-38(35-60-41(52)32-30-28-26-24-14-12-10-8-6-4-2)36-61-49-48(59)46(57)44(55)40(65-49)37-62-50-47(58)45(56)43(54)39(34-51)64-50/h11,13,16-17,19-20,22-23,27,29,38-40,43-51,54-59H,3-10,12,14-15,18,21,24-26,28,30-37H2,1-2H3/b13-11+,17-16+,20-19+,23-22+,29-27+/t38-,39+,40+,43-,44-,45?,46?,47?,48?,49+,50+/m1/s1. The average Bonchev–Trinajstić information content (AvgIpc) is 3.30. The first kappa shape index (κ1) is 58.3. The van der Waals surface area contributed by atoms with Crippen molar-refractivity contribution in [2.24, 2.45) is 0 Å². The predicted molar refractivity (Wildman–Crippen MR) is 247 cm³/mol. The van der Waals surface area contributed by atoms with Crippen molar-refractivity contribution < 1.29 is 73.8 Å². The van der Waals surface area contributed by atoms with E-state index in [1.807, 2.05) is 12.2 Å². The quantitative estimate of drug-likeness (QED) is 0.0214. The van der Waals surface area contributed by atoms with Gasteiger partial charge in [-0.15, -0.1) is 0 Å². The van der Waals surface area contributed by atoms with Crippen LogP contribution in [0.5, 0.6) is 0 Å². The summed E-state index contributed by atoms with van der Waals surface area (Å²) in [7, 11) is 0. The highest BCUT2D eigenvalue weighted by Gasteiger charge is 2.47. The van der Waals surface area contributed by atoms with Crippen molar-refractivity contribution >= 4 is 11.9 Å². The Hall–Kier alpha value is -2.80. The zero-order valence-corrected chi connectivity index (χ0v) is 39.2. The Bertz CT molecular complexity index is 1370. The van der Waals surface area contributed by atoms with Gasteiger partial charge in [0.25, 0.3) is 0 Å². The highest BCUT2D eigenvalue weighted by atomic mass is 16.7. The molecule has 15 heteroatoms. The normalized spacial score (nSPS) is 26.9. The Kier molecular flexibility index (Phi) is 33.4. The van der Waals surface area contributed by atoms with Gasteiger partial charge in [0.1, 0.15) is 55.4 Å². The second-order valence-corrected chi connectivity index (χ2v) is 16.9. The van der Waals surface area contributed by atoms with Crippen molar-refractivity contribution in [2.75, 3.05) is 26.4 Å². The third kappa shape index (κ3) is 25.8. The molecule has 0 spiro atoms. The van der Waals surface area contributed by atoms with Gasteiger partial charge in [0.15, 0.2) is 18.7 Å². The van der Waals surface area contributed by atoms with Crippen LogP contribution in [-0.4, -0.2) is 142 Å². The Morgan fingerprint density at radius 3 is 1.51 bits per heavy atom. The Morgan fingerprint density at radius 1 is 0.492 bits per heavy atom. The number of unbranched alkanes of at least 4 members (excludes halogenated alkanes) is 12. The van der Waals surface area contributed by atoms with Crippen molar-refractivity contribution in [3.63, 3.8) is 0 Å². The summed E-state index contributed by atoms with van der Waals surface area (Å²) in [6.45, 7) is 2.44. The van der Waals surface area contributed by atoms with Crippen molar-refractivity contribution in [3.05, 3.63) is 60.8 Å². The molecule has 7 N–H and O–H groups in total. The number of hydrogen-bond acceptors (Lipinski definition) is 15. The molecule has 4 unspecified atom stereocenters. The summed E-state index contributed by atoms with van der Waals surface area (Å²) >= 11 is 0. The monoisotopic (exact) mass is 925 g/mol. The summed E-state index contributed by atoms with van der Waals surface area (Å²) in [6, 6.07) is 0. The Morgan fingerprint density at radius 2 is 0.954 bits per heavy atom. The molecule has 2 rings (SSSR count). The minimum atomic E-state index is -1.78. The molecule has 2 heterocycles. The molecule has 0 bridgehead atoms. The maximum Gasteiger partial charge on any atom is 0.306 e. The Balaban J connectivity index is 1.86. The smallest absolute Gasteiger partial charge is 0.306 e. The molecular weight excluding hydrogens is 841 g/mol. The molecule has 2 saturated heterocycles. The van der Waals surface area contributed by atoms with E-state index in [2.05, 4.69) is 62.5 Å². The van der Waals surface area contributed by atoms with Crippen LogP contribution in [0.4, 0.5) is 0 Å². The van der Waals surface area contributed by atoms with Crippen LogP contribution in [0.2, 0.25) is 0 Å². The number of ether oxygens (including phenoxy) is 6. The van der Waals surface area contributed by atoms with E-state index in [4.69, 9.17) is 28.4 Å². The molecule has 11 atom stereocenters. The van der Waals surface area contributed by atoms with Crippen molar-refractivity contribution in [1.29, 1.82) is 0 Å². The lowest BCUT2D eigenvalue weighted by molar-refractivity contribution is -0.332. The van der Waals surface area contributed by atoms with Gasteiger partial charge in [-0.1, -0.05) is 145 Å². The van der Waals surface area contributed by atoms with E-state index in [1.54, 1.807) is 0 Å². The van der Waals surface area contributed by atoms with Crippen molar-refractivity contribution in [2.45, 2.75) is 216 Å². The molecule has 0 amide bonds. The molecule has 374 valence electrons. The lowest BCUT2D eigenvalue weighted by Gasteiger charge is -2.42. The van der Waals surface area contributed by atoms with E-state index in [0.29, 0.717) is 19.3 Å². The van der Waals surface area contributed by atoms with Crippen LogP contribution in [0.3, 0.4) is 0 Å². The summed E-state index contributed by atoms with van der Waals surface area (Å²) in [5, 5.41) is 71.9. The SMILES string of the molecule is CCCCC/C=C/C/C=C/C/C=C/C/C=C/C/C=C/CCC(=O)O[C@H](COC(=O)CCCCCCCCCCCC)CO[C@H]1O[C@@H](CO[C@H]2O[C@@H](CO)[C@@H](O)C(O)C2O)[C@@H](O)C(O)C1O. The van der Waals surface area contributed by atoms with Crippen LogP contribution >= 0.6 is 0 Å². The number of carbonyl (C=O) groups excluding carboxylic acids is 2. The van der Waals surface area contributed by atoms with Gasteiger partial charge in [0.05, 0.1) is 19.8 Å². The molecule has 65 heavy (non-hydrogen) atoms. The fraction of sp³-hybridized carbons (Fsp3) is 0.760. The van der Waals surface area contributed by atoms with Crippen LogP contribution in [0, 0.1) is 0 Å². The van der Waals surface area contributed by atoms with Gasteiger partial charge in [-0.2, -0.15) is 0 Å². The molecule has 0 aromatic heterocycles. The van der Waals surface area contributed by atoms with Crippen LogP contribution < -0.4 is 0 Å². The zero-order chi connectivity index (χ0) is 47.5. The van der Waals surface area contributed by atoms with Crippen LogP contribution in [-0.2, 0) is 38.0 Å². The number of rotatable bonds is 36. The van der Waals surface area contributed by atoms with Gasteiger partial charge in [-0.25, -0.2) is 0 Å². The summed E-state index contributed by atoms with van der Waals surface area (Å²) in [5.41, 5.74) is 0. The fourth-order valence-corrected chi connectivity index (χ4v) is 7.20. The van der Waals surface area contributed by atoms with E-state index in [-0.39, 0.29) is 19.4 Å². The number of carbonyl (C=O) groups is 2. The minimum Gasteiger partial charge on any atom is -0.462 e. The van der Waals surface area contributed by atoms with Crippen molar-refractivity contribution in [1.82, 2.24) is 0 Å². The number of esters is 2. The van der Waals surface area contributed by atoms with Crippen LogP contribution in [0.25, 0.3) is 0 Å². The van der Waals surface area contributed by atoms with Gasteiger partial charge in [-0.05, 0) is 51.4 Å². The fourth-order valence-electron chi connectivity index (χ4n) is 7.20. The minimum absolute atomic E-state index is 0.0407. The topological polar surface area (TPSA) is 231 Å². The third-order valence-electron chi connectivity index (χ3n) is 11.3. The molecule has 15 nitrogen and oxygen atoms in total. The van der Waals surface area contributed by atoms with Gasteiger partial charge < -0.3 is 64.2 Å². The van der Waals surface area contributed by atoms with Crippen LogP contribution in [0.15, 0.2) is 60.8 Å². The van der Waals surface area contributed by atoms with E-state index in [9.17, 15) is 45.3 Å².